The minimum atomic E-state index is -0.00425. The van der Waals surface area contributed by atoms with Gasteiger partial charge in [0.2, 0.25) is 5.89 Å². The summed E-state index contributed by atoms with van der Waals surface area (Å²) in [6.07, 6.45) is 0.617. The number of hydrogen-bond donors (Lipinski definition) is 1. The number of rotatable bonds is 5. The SMILES string of the molecule is Cc1csc(Cc2noc(C(C(C)C)C(C)N)n2)n1. The van der Waals surface area contributed by atoms with Crippen molar-refractivity contribution in [1.82, 2.24) is 15.1 Å². The zero-order valence-electron chi connectivity index (χ0n) is 11.8. The molecule has 2 heterocycles. The average molecular weight is 280 g/mol. The van der Waals surface area contributed by atoms with Gasteiger partial charge in [0.15, 0.2) is 5.82 Å². The van der Waals surface area contributed by atoms with E-state index in [1.165, 1.54) is 0 Å². The van der Waals surface area contributed by atoms with Crippen LogP contribution in [0.15, 0.2) is 9.90 Å². The first kappa shape index (κ1) is 14.1. The van der Waals surface area contributed by atoms with Crippen molar-refractivity contribution in [3.63, 3.8) is 0 Å². The normalized spacial score (nSPS) is 14.8. The summed E-state index contributed by atoms with van der Waals surface area (Å²) >= 11 is 1.62. The molecule has 0 aliphatic heterocycles. The van der Waals surface area contributed by atoms with Gasteiger partial charge in [-0.2, -0.15) is 4.98 Å². The van der Waals surface area contributed by atoms with Gasteiger partial charge < -0.3 is 10.3 Å². The van der Waals surface area contributed by atoms with Crippen LogP contribution in [0.1, 0.15) is 49.1 Å². The van der Waals surface area contributed by atoms with E-state index in [4.69, 9.17) is 10.3 Å². The second-order valence-electron chi connectivity index (χ2n) is 5.24. The fourth-order valence-electron chi connectivity index (χ4n) is 2.21. The predicted molar refractivity (Wildman–Crippen MR) is 75.2 cm³/mol. The van der Waals surface area contributed by atoms with E-state index < -0.39 is 0 Å². The molecule has 0 aliphatic carbocycles. The molecular formula is C13H20N4OS. The molecule has 0 amide bonds. The summed E-state index contributed by atoms with van der Waals surface area (Å²) < 4.78 is 5.36. The molecule has 5 nitrogen and oxygen atoms in total. The molecule has 19 heavy (non-hydrogen) atoms. The van der Waals surface area contributed by atoms with Crippen LogP contribution in [0.4, 0.5) is 0 Å². The van der Waals surface area contributed by atoms with Gasteiger partial charge in [-0.05, 0) is 19.8 Å². The summed E-state index contributed by atoms with van der Waals surface area (Å²) in [4.78, 5) is 8.87. The number of aromatic nitrogens is 3. The molecule has 0 radical (unpaired) electrons. The van der Waals surface area contributed by atoms with Crippen LogP contribution in [0.5, 0.6) is 0 Å². The Morgan fingerprint density at radius 1 is 1.32 bits per heavy atom. The number of hydrogen-bond acceptors (Lipinski definition) is 6. The molecule has 2 aromatic rings. The molecule has 0 saturated heterocycles. The Bertz CT molecular complexity index is 524. The number of aryl methyl sites for hydroxylation is 1. The van der Waals surface area contributed by atoms with Gasteiger partial charge >= 0.3 is 0 Å². The van der Waals surface area contributed by atoms with E-state index >= 15 is 0 Å². The summed E-state index contributed by atoms with van der Waals surface area (Å²) in [5, 5.41) is 7.06. The average Bonchev–Trinajstić information content (AvgIpc) is 2.88. The number of nitrogens with two attached hydrogens (primary N) is 1. The zero-order valence-corrected chi connectivity index (χ0v) is 12.6. The molecule has 0 saturated carbocycles. The standard InChI is InChI=1S/C13H20N4OS/c1-7(2)12(9(4)14)13-16-10(17-18-13)5-11-15-8(3)6-19-11/h6-7,9,12H,5,14H2,1-4H3. The van der Waals surface area contributed by atoms with E-state index in [9.17, 15) is 0 Å². The van der Waals surface area contributed by atoms with E-state index in [0.717, 1.165) is 10.7 Å². The summed E-state index contributed by atoms with van der Waals surface area (Å²) in [7, 11) is 0. The molecule has 2 N–H and O–H groups in total. The van der Waals surface area contributed by atoms with E-state index in [0.29, 0.717) is 24.1 Å². The van der Waals surface area contributed by atoms with Gasteiger partial charge in [0.1, 0.15) is 5.01 Å². The highest BCUT2D eigenvalue weighted by Gasteiger charge is 2.26. The Labute approximate surface area is 117 Å². The van der Waals surface area contributed by atoms with Crippen molar-refractivity contribution in [2.45, 2.75) is 46.1 Å². The van der Waals surface area contributed by atoms with Crippen molar-refractivity contribution < 1.29 is 4.52 Å². The van der Waals surface area contributed by atoms with Crippen molar-refractivity contribution >= 4 is 11.3 Å². The van der Waals surface area contributed by atoms with Crippen LogP contribution >= 0.6 is 11.3 Å². The first-order chi connectivity index (χ1) is 8.97. The van der Waals surface area contributed by atoms with Gasteiger partial charge in [0.25, 0.3) is 0 Å². The Kier molecular flexibility index (Phi) is 4.31. The van der Waals surface area contributed by atoms with Gasteiger partial charge in [-0.25, -0.2) is 4.98 Å². The van der Waals surface area contributed by atoms with Crippen LogP contribution in [-0.4, -0.2) is 21.2 Å². The lowest BCUT2D eigenvalue weighted by molar-refractivity contribution is 0.298. The summed E-state index contributed by atoms with van der Waals surface area (Å²) in [6.45, 7) is 8.18. The lowest BCUT2D eigenvalue weighted by atomic mass is 9.90. The van der Waals surface area contributed by atoms with E-state index in [2.05, 4.69) is 29.0 Å². The van der Waals surface area contributed by atoms with Crippen molar-refractivity contribution in [2.75, 3.05) is 0 Å². The largest absolute Gasteiger partial charge is 0.339 e. The second-order valence-corrected chi connectivity index (χ2v) is 6.18. The minimum absolute atomic E-state index is 0.00425. The van der Waals surface area contributed by atoms with Crippen molar-refractivity contribution in [3.8, 4) is 0 Å². The lowest BCUT2D eigenvalue weighted by Gasteiger charge is -2.20. The van der Waals surface area contributed by atoms with E-state index in [1.807, 2.05) is 19.2 Å². The quantitative estimate of drug-likeness (QED) is 0.910. The highest BCUT2D eigenvalue weighted by atomic mass is 32.1. The maximum Gasteiger partial charge on any atom is 0.231 e. The van der Waals surface area contributed by atoms with Crippen LogP contribution in [-0.2, 0) is 6.42 Å². The molecule has 0 spiro atoms. The molecule has 0 aromatic carbocycles. The molecule has 2 rings (SSSR count). The Balaban J connectivity index is 2.14. The maximum atomic E-state index is 6.00. The molecule has 6 heteroatoms. The van der Waals surface area contributed by atoms with Gasteiger partial charge in [-0.3, -0.25) is 0 Å². The smallest absolute Gasteiger partial charge is 0.231 e. The molecule has 0 fully saturated rings. The highest BCUT2D eigenvalue weighted by Crippen LogP contribution is 2.26. The molecule has 0 aliphatic rings. The third-order valence-corrected chi connectivity index (χ3v) is 4.00. The van der Waals surface area contributed by atoms with Crippen LogP contribution in [0.3, 0.4) is 0 Å². The van der Waals surface area contributed by atoms with Crippen LogP contribution < -0.4 is 5.73 Å². The van der Waals surface area contributed by atoms with Gasteiger partial charge in [0, 0.05) is 17.1 Å². The summed E-state index contributed by atoms with van der Waals surface area (Å²) in [6, 6.07) is -0.00425. The van der Waals surface area contributed by atoms with Gasteiger partial charge in [-0.15, -0.1) is 11.3 Å². The minimum Gasteiger partial charge on any atom is -0.339 e. The van der Waals surface area contributed by atoms with E-state index in [1.54, 1.807) is 11.3 Å². The second kappa shape index (κ2) is 5.79. The monoisotopic (exact) mass is 280 g/mol. The molecule has 2 aromatic heterocycles. The Morgan fingerprint density at radius 2 is 2.05 bits per heavy atom. The molecule has 2 unspecified atom stereocenters. The molecule has 0 bridgehead atoms. The molecular weight excluding hydrogens is 260 g/mol. The van der Waals surface area contributed by atoms with Crippen LogP contribution in [0, 0.1) is 12.8 Å². The zero-order chi connectivity index (χ0) is 14.0. The Morgan fingerprint density at radius 3 is 2.58 bits per heavy atom. The third-order valence-electron chi connectivity index (χ3n) is 3.03. The third kappa shape index (κ3) is 3.39. The van der Waals surface area contributed by atoms with Crippen LogP contribution in [0.25, 0.3) is 0 Å². The van der Waals surface area contributed by atoms with Crippen molar-refractivity contribution in [2.24, 2.45) is 11.7 Å². The summed E-state index contributed by atoms with van der Waals surface area (Å²) in [5.74, 6) is 1.78. The number of nitrogens with zero attached hydrogens (tertiary/aromatic N) is 3. The van der Waals surface area contributed by atoms with Crippen LogP contribution in [0.2, 0.25) is 0 Å². The topological polar surface area (TPSA) is 77.8 Å². The fourth-order valence-corrected chi connectivity index (χ4v) is 2.98. The van der Waals surface area contributed by atoms with Gasteiger partial charge in [-0.1, -0.05) is 19.0 Å². The first-order valence-corrected chi connectivity index (χ1v) is 7.34. The first-order valence-electron chi connectivity index (χ1n) is 6.46. The van der Waals surface area contributed by atoms with Gasteiger partial charge in [0.05, 0.1) is 12.3 Å². The molecule has 2 atom stereocenters. The highest BCUT2D eigenvalue weighted by molar-refractivity contribution is 7.09. The number of thiazole rings is 1. The maximum absolute atomic E-state index is 6.00. The predicted octanol–water partition coefficient (Wildman–Crippen LogP) is 2.51. The Hall–Kier alpha value is -1.27. The summed E-state index contributed by atoms with van der Waals surface area (Å²) in [5.41, 5.74) is 7.02. The van der Waals surface area contributed by atoms with Crippen molar-refractivity contribution in [1.29, 1.82) is 0 Å². The fraction of sp³-hybridized carbons (Fsp3) is 0.615. The van der Waals surface area contributed by atoms with Crippen molar-refractivity contribution in [3.05, 3.63) is 27.8 Å². The van der Waals surface area contributed by atoms with E-state index in [-0.39, 0.29) is 12.0 Å². The lowest BCUT2D eigenvalue weighted by Crippen LogP contribution is -2.28. The molecule has 104 valence electrons.